The first-order valence-electron chi connectivity index (χ1n) is 8.19. The molecule has 1 heterocycles. The number of hydrogen-bond acceptors (Lipinski definition) is 3. The molecule has 5 heteroatoms. The van der Waals surface area contributed by atoms with Crippen molar-refractivity contribution in [3.8, 4) is 5.75 Å². The molecule has 0 bridgehead atoms. The van der Waals surface area contributed by atoms with Gasteiger partial charge in [0.2, 0.25) is 11.8 Å². The molecule has 2 rings (SSSR count). The molecule has 1 fully saturated rings. The number of para-hydroxylation sites is 1. The van der Waals surface area contributed by atoms with E-state index in [0.717, 1.165) is 0 Å². The summed E-state index contributed by atoms with van der Waals surface area (Å²) in [5, 5.41) is 12.9. The largest absolute Gasteiger partial charge is 0.508 e. The number of nitrogens with one attached hydrogen (secondary N) is 1. The molecule has 1 aliphatic heterocycles. The van der Waals surface area contributed by atoms with E-state index in [1.165, 1.54) is 0 Å². The van der Waals surface area contributed by atoms with Crippen LogP contribution in [0, 0.1) is 11.8 Å². The molecule has 1 saturated heterocycles. The topological polar surface area (TPSA) is 69.6 Å². The van der Waals surface area contributed by atoms with Gasteiger partial charge in [-0.2, -0.15) is 0 Å². The standard InChI is InChI=1S/C18H26N2O3/c1-11(2)9-14-18(23)20(16(12(3)4)17(22)19-14)10-13-7-5-6-8-15(13)21/h5-8,11-12,14,16,21H,9-10H2,1-4H3,(H,19,22). The highest BCUT2D eigenvalue weighted by Crippen LogP contribution is 2.25. The van der Waals surface area contributed by atoms with E-state index in [2.05, 4.69) is 5.32 Å². The van der Waals surface area contributed by atoms with E-state index in [1.807, 2.05) is 33.8 Å². The summed E-state index contributed by atoms with van der Waals surface area (Å²) in [4.78, 5) is 27.0. The fourth-order valence-electron chi connectivity index (χ4n) is 3.10. The first-order chi connectivity index (χ1) is 10.8. The summed E-state index contributed by atoms with van der Waals surface area (Å²) in [6.45, 7) is 8.16. The van der Waals surface area contributed by atoms with Crippen LogP contribution in [0.2, 0.25) is 0 Å². The molecule has 0 aliphatic carbocycles. The highest BCUT2D eigenvalue weighted by atomic mass is 16.3. The maximum atomic E-state index is 12.9. The third kappa shape index (κ3) is 3.84. The number of carbonyl (C=O) groups is 2. The zero-order chi connectivity index (χ0) is 17.1. The number of hydrogen-bond donors (Lipinski definition) is 2. The number of nitrogens with zero attached hydrogens (tertiary/aromatic N) is 1. The SMILES string of the molecule is CC(C)CC1NC(=O)C(C(C)C)N(Cc2ccccc2O)C1=O. The van der Waals surface area contributed by atoms with Gasteiger partial charge in [0, 0.05) is 5.56 Å². The van der Waals surface area contributed by atoms with Gasteiger partial charge in [-0.05, 0) is 24.3 Å². The van der Waals surface area contributed by atoms with Crippen LogP contribution in [-0.4, -0.2) is 33.9 Å². The van der Waals surface area contributed by atoms with Crippen LogP contribution in [0.25, 0.3) is 0 Å². The fourth-order valence-corrected chi connectivity index (χ4v) is 3.10. The summed E-state index contributed by atoms with van der Waals surface area (Å²) in [7, 11) is 0. The van der Waals surface area contributed by atoms with E-state index in [1.54, 1.807) is 23.1 Å². The van der Waals surface area contributed by atoms with E-state index < -0.39 is 12.1 Å². The van der Waals surface area contributed by atoms with Crippen molar-refractivity contribution in [3.63, 3.8) is 0 Å². The van der Waals surface area contributed by atoms with Gasteiger partial charge in [-0.15, -0.1) is 0 Å². The molecule has 0 aromatic heterocycles. The van der Waals surface area contributed by atoms with E-state index in [0.29, 0.717) is 17.9 Å². The predicted molar refractivity (Wildman–Crippen MR) is 88.7 cm³/mol. The quantitative estimate of drug-likeness (QED) is 0.875. The molecule has 1 aromatic carbocycles. The van der Waals surface area contributed by atoms with Crippen molar-refractivity contribution in [2.24, 2.45) is 11.8 Å². The minimum absolute atomic E-state index is 0.00445. The molecular formula is C18H26N2O3. The Bertz CT molecular complexity index is 583. The van der Waals surface area contributed by atoms with Crippen molar-refractivity contribution in [2.45, 2.75) is 52.7 Å². The van der Waals surface area contributed by atoms with Crippen LogP contribution in [0.4, 0.5) is 0 Å². The van der Waals surface area contributed by atoms with Crippen molar-refractivity contribution in [3.05, 3.63) is 29.8 Å². The minimum Gasteiger partial charge on any atom is -0.508 e. The average Bonchev–Trinajstić information content (AvgIpc) is 2.45. The number of amides is 2. The van der Waals surface area contributed by atoms with E-state index in [4.69, 9.17) is 0 Å². The smallest absolute Gasteiger partial charge is 0.246 e. The Labute approximate surface area is 137 Å². The Morgan fingerprint density at radius 1 is 1.17 bits per heavy atom. The van der Waals surface area contributed by atoms with Crippen LogP contribution in [0.15, 0.2) is 24.3 Å². The zero-order valence-electron chi connectivity index (χ0n) is 14.2. The van der Waals surface area contributed by atoms with Gasteiger partial charge in [-0.1, -0.05) is 45.9 Å². The first-order valence-corrected chi connectivity index (χ1v) is 8.19. The number of rotatable bonds is 5. The summed E-state index contributed by atoms with van der Waals surface area (Å²) in [5.74, 6) is 0.284. The van der Waals surface area contributed by atoms with Crippen LogP contribution in [0.3, 0.4) is 0 Å². The van der Waals surface area contributed by atoms with Gasteiger partial charge < -0.3 is 15.3 Å². The van der Waals surface area contributed by atoms with Crippen molar-refractivity contribution >= 4 is 11.8 Å². The first kappa shape index (κ1) is 17.3. The maximum absolute atomic E-state index is 12.9. The normalized spacial score (nSPS) is 21.9. The molecule has 23 heavy (non-hydrogen) atoms. The minimum atomic E-state index is -0.509. The number of benzene rings is 1. The molecule has 2 unspecified atom stereocenters. The Kier molecular flexibility index (Phi) is 5.29. The van der Waals surface area contributed by atoms with Crippen LogP contribution >= 0.6 is 0 Å². The van der Waals surface area contributed by atoms with Crippen LogP contribution in [0.5, 0.6) is 5.75 Å². The molecule has 2 atom stereocenters. The van der Waals surface area contributed by atoms with Gasteiger partial charge in [-0.3, -0.25) is 9.59 Å². The number of phenols is 1. The van der Waals surface area contributed by atoms with Gasteiger partial charge in [0.15, 0.2) is 0 Å². The van der Waals surface area contributed by atoms with E-state index in [-0.39, 0.29) is 30.0 Å². The molecule has 5 nitrogen and oxygen atoms in total. The lowest BCUT2D eigenvalue weighted by Crippen LogP contribution is -2.64. The second-order valence-corrected chi connectivity index (χ2v) is 6.97. The zero-order valence-corrected chi connectivity index (χ0v) is 14.2. The van der Waals surface area contributed by atoms with E-state index in [9.17, 15) is 14.7 Å². The Hall–Kier alpha value is -2.04. The molecular weight excluding hydrogens is 292 g/mol. The summed E-state index contributed by atoms with van der Waals surface area (Å²) in [6.07, 6.45) is 0.618. The van der Waals surface area contributed by atoms with Crippen LogP contribution in [-0.2, 0) is 16.1 Å². The van der Waals surface area contributed by atoms with Gasteiger partial charge in [0.25, 0.3) is 0 Å². The van der Waals surface area contributed by atoms with Crippen molar-refractivity contribution < 1.29 is 14.7 Å². The lowest BCUT2D eigenvalue weighted by Gasteiger charge is -2.41. The third-order valence-corrected chi connectivity index (χ3v) is 4.17. The molecule has 0 radical (unpaired) electrons. The Morgan fingerprint density at radius 2 is 1.83 bits per heavy atom. The molecule has 2 amide bonds. The fraction of sp³-hybridized carbons (Fsp3) is 0.556. The monoisotopic (exact) mass is 318 g/mol. The second-order valence-electron chi connectivity index (χ2n) is 6.97. The Balaban J connectivity index is 2.30. The molecule has 1 aliphatic rings. The van der Waals surface area contributed by atoms with Gasteiger partial charge in [0.1, 0.15) is 17.8 Å². The lowest BCUT2D eigenvalue weighted by molar-refractivity contribution is -0.152. The molecule has 1 aromatic rings. The van der Waals surface area contributed by atoms with Crippen molar-refractivity contribution in [1.29, 1.82) is 0 Å². The van der Waals surface area contributed by atoms with Crippen LogP contribution in [0.1, 0.15) is 39.7 Å². The summed E-state index contributed by atoms with van der Waals surface area (Å²) in [6, 6.07) is 5.95. The second kappa shape index (κ2) is 7.02. The van der Waals surface area contributed by atoms with Crippen LogP contribution < -0.4 is 5.32 Å². The predicted octanol–water partition coefficient (Wildman–Crippen LogP) is 2.29. The van der Waals surface area contributed by atoms with Gasteiger partial charge >= 0.3 is 0 Å². The van der Waals surface area contributed by atoms with Crippen molar-refractivity contribution in [2.75, 3.05) is 0 Å². The average molecular weight is 318 g/mol. The van der Waals surface area contributed by atoms with Gasteiger partial charge in [-0.25, -0.2) is 0 Å². The van der Waals surface area contributed by atoms with E-state index >= 15 is 0 Å². The van der Waals surface area contributed by atoms with Gasteiger partial charge in [0.05, 0.1) is 6.54 Å². The Morgan fingerprint density at radius 3 is 2.39 bits per heavy atom. The number of piperazine rings is 1. The van der Waals surface area contributed by atoms with Crippen molar-refractivity contribution in [1.82, 2.24) is 10.2 Å². The number of aromatic hydroxyl groups is 1. The number of phenolic OH excluding ortho intramolecular Hbond substituents is 1. The molecule has 0 saturated carbocycles. The molecule has 2 N–H and O–H groups in total. The highest BCUT2D eigenvalue weighted by molar-refractivity contribution is 5.97. The summed E-state index contributed by atoms with van der Waals surface area (Å²) >= 11 is 0. The summed E-state index contributed by atoms with van der Waals surface area (Å²) in [5.41, 5.74) is 0.657. The number of carbonyl (C=O) groups excluding carboxylic acids is 2. The highest BCUT2D eigenvalue weighted by Gasteiger charge is 2.42. The maximum Gasteiger partial charge on any atom is 0.246 e. The molecule has 126 valence electrons. The lowest BCUT2D eigenvalue weighted by atomic mass is 9.93. The third-order valence-electron chi connectivity index (χ3n) is 4.17. The summed E-state index contributed by atoms with van der Waals surface area (Å²) < 4.78 is 0. The molecule has 0 spiro atoms.